The molecule has 0 bridgehead atoms. The van der Waals surface area contributed by atoms with E-state index in [1.807, 2.05) is 0 Å². The van der Waals surface area contributed by atoms with Gasteiger partial charge >= 0.3 is 0 Å². The third-order valence-corrected chi connectivity index (χ3v) is 4.80. The van der Waals surface area contributed by atoms with E-state index in [-0.39, 0.29) is 11.7 Å². The molecule has 27 heavy (non-hydrogen) atoms. The van der Waals surface area contributed by atoms with Crippen LogP contribution >= 0.6 is 0 Å². The normalized spacial score (nSPS) is 13.7. The molecule has 1 aromatic carbocycles. The summed E-state index contributed by atoms with van der Waals surface area (Å²) in [5, 5.41) is 6.17. The molecule has 1 aliphatic rings. The molecule has 0 atom stereocenters. The number of rotatable bonds is 8. The molecule has 0 radical (unpaired) electrons. The van der Waals surface area contributed by atoms with Crippen LogP contribution in [-0.4, -0.2) is 24.0 Å². The maximum absolute atomic E-state index is 13.6. The highest BCUT2D eigenvalue weighted by Crippen LogP contribution is 2.20. The van der Waals surface area contributed by atoms with Gasteiger partial charge in [-0.25, -0.2) is 4.39 Å². The molecule has 0 aliphatic heterocycles. The molecule has 1 aliphatic carbocycles. The molecule has 0 saturated heterocycles. The molecule has 2 N–H and O–H groups in total. The summed E-state index contributed by atoms with van der Waals surface area (Å²) in [5.41, 5.74) is 3.46. The van der Waals surface area contributed by atoms with Crippen molar-refractivity contribution in [2.75, 3.05) is 18.4 Å². The van der Waals surface area contributed by atoms with E-state index >= 15 is 0 Å². The molecule has 0 fully saturated rings. The highest BCUT2D eigenvalue weighted by atomic mass is 19.1. The van der Waals surface area contributed by atoms with Gasteiger partial charge in [0.2, 0.25) is 0 Å². The van der Waals surface area contributed by atoms with Crippen molar-refractivity contribution >= 4 is 11.6 Å². The van der Waals surface area contributed by atoms with Crippen LogP contribution < -0.4 is 10.6 Å². The lowest BCUT2D eigenvalue weighted by Gasteiger charge is -2.13. The predicted molar refractivity (Wildman–Crippen MR) is 106 cm³/mol. The average molecular weight is 367 g/mol. The van der Waals surface area contributed by atoms with E-state index in [1.54, 1.807) is 36.7 Å². The fourth-order valence-electron chi connectivity index (χ4n) is 3.27. The lowest BCUT2D eigenvalue weighted by atomic mass is 9.97. The van der Waals surface area contributed by atoms with Gasteiger partial charge in [0.1, 0.15) is 5.82 Å². The molecule has 142 valence electrons. The van der Waals surface area contributed by atoms with Crippen LogP contribution in [0.1, 0.15) is 48.0 Å². The number of benzene rings is 1. The maximum Gasteiger partial charge on any atom is 0.252 e. The number of carbonyl (C=O) groups is 1. The summed E-state index contributed by atoms with van der Waals surface area (Å²) in [7, 11) is 0. The van der Waals surface area contributed by atoms with Crippen LogP contribution in [0.25, 0.3) is 0 Å². The van der Waals surface area contributed by atoms with Crippen molar-refractivity contribution in [3.05, 3.63) is 71.3 Å². The van der Waals surface area contributed by atoms with Gasteiger partial charge in [0.15, 0.2) is 0 Å². The Kier molecular flexibility index (Phi) is 6.97. The Bertz CT molecular complexity index is 804. The highest BCUT2D eigenvalue weighted by molar-refractivity contribution is 5.94. The van der Waals surface area contributed by atoms with Gasteiger partial charge in [0.05, 0.1) is 11.3 Å². The summed E-state index contributed by atoms with van der Waals surface area (Å²) >= 11 is 0. The highest BCUT2D eigenvalue weighted by Gasteiger charge is 2.08. The molecular weight excluding hydrogens is 341 g/mol. The second-order valence-electron chi connectivity index (χ2n) is 6.84. The minimum atomic E-state index is -0.243. The SMILES string of the molecule is O=C(NCCc1ccccc1F)c1cncc(NCCC2=CCCCC2)c1. The van der Waals surface area contributed by atoms with Crippen molar-refractivity contribution in [2.24, 2.45) is 0 Å². The largest absolute Gasteiger partial charge is 0.383 e. The number of allylic oxidation sites excluding steroid dienone is 1. The van der Waals surface area contributed by atoms with Gasteiger partial charge in [-0.1, -0.05) is 29.8 Å². The molecule has 0 unspecified atom stereocenters. The van der Waals surface area contributed by atoms with Gasteiger partial charge in [0, 0.05) is 25.5 Å². The Labute approximate surface area is 159 Å². The second-order valence-corrected chi connectivity index (χ2v) is 6.84. The summed E-state index contributed by atoms with van der Waals surface area (Å²) in [6, 6.07) is 8.42. The van der Waals surface area contributed by atoms with E-state index < -0.39 is 0 Å². The Hall–Kier alpha value is -2.69. The number of carbonyl (C=O) groups excluding carboxylic acids is 1. The number of aromatic nitrogens is 1. The van der Waals surface area contributed by atoms with Gasteiger partial charge in [-0.15, -0.1) is 0 Å². The van der Waals surface area contributed by atoms with Crippen LogP contribution in [0.4, 0.5) is 10.1 Å². The molecule has 4 nitrogen and oxygen atoms in total. The molecule has 0 spiro atoms. The number of halogens is 1. The maximum atomic E-state index is 13.6. The van der Waals surface area contributed by atoms with Crippen LogP contribution in [-0.2, 0) is 6.42 Å². The molecule has 0 saturated carbocycles. The molecule has 3 rings (SSSR count). The minimum Gasteiger partial charge on any atom is -0.383 e. The van der Waals surface area contributed by atoms with E-state index in [1.165, 1.54) is 37.3 Å². The number of anilines is 1. The van der Waals surface area contributed by atoms with Crippen molar-refractivity contribution in [3.8, 4) is 0 Å². The topological polar surface area (TPSA) is 54.0 Å². The zero-order valence-electron chi connectivity index (χ0n) is 15.5. The zero-order chi connectivity index (χ0) is 18.9. The summed E-state index contributed by atoms with van der Waals surface area (Å²) in [4.78, 5) is 16.5. The smallest absolute Gasteiger partial charge is 0.252 e. The minimum absolute atomic E-state index is 0.197. The van der Waals surface area contributed by atoms with E-state index in [0.717, 1.165) is 18.7 Å². The fourth-order valence-corrected chi connectivity index (χ4v) is 3.27. The van der Waals surface area contributed by atoms with Crippen molar-refractivity contribution < 1.29 is 9.18 Å². The number of hydrogen-bond acceptors (Lipinski definition) is 3. The molecule has 2 aromatic rings. The third kappa shape index (κ3) is 5.91. The molecule has 1 amide bonds. The van der Waals surface area contributed by atoms with E-state index in [0.29, 0.717) is 24.1 Å². The number of nitrogens with zero attached hydrogens (tertiary/aromatic N) is 1. The summed E-state index contributed by atoms with van der Waals surface area (Å²) in [5.74, 6) is -0.440. The van der Waals surface area contributed by atoms with Crippen LogP contribution in [0.15, 0.2) is 54.4 Å². The van der Waals surface area contributed by atoms with Gasteiger partial charge in [-0.2, -0.15) is 0 Å². The van der Waals surface area contributed by atoms with Crippen molar-refractivity contribution in [1.82, 2.24) is 10.3 Å². The predicted octanol–water partition coefficient (Wildman–Crippen LogP) is 4.50. The van der Waals surface area contributed by atoms with Crippen LogP contribution in [0, 0.1) is 5.82 Å². The molecular formula is C22H26FN3O. The van der Waals surface area contributed by atoms with Gasteiger partial charge in [-0.3, -0.25) is 9.78 Å². The lowest BCUT2D eigenvalue weighted by molar-refractivity contribution is 0.0953. The molecule has 1 heterocycles. The Morgan fingerprint density at radius 1 is 1.11 bits per heavy atom. The van der Waals surface area contributed by atoms with Gasteiger partial charge < -0.3 is 10.6 Å². The summed E-state index contributed by atoms with van der Waals surface area (Å²) in [6.07, 6.45) is 12.1. The average Bonchev–Trinajstić information content (AvgIpc) is 2.70. The van der Waals surface area contributed by atoms with Crippen LogP contribution in [0.3, 0.4) is 0 Å². The number of nitrogens with one attached hydrogen (secondary N) is 2. The number of amides is 1. The van der Waals surface area contributed by atoms with Crippen LogP contribution in [0.2, 0.25) is 0 Å². The zero-order valence-corrected chi connectivity index (χ0v) is 15.5. The molecule has 1 aromatic heterocycles. The third-order valence-electron chi connectivity index (χ3n) is 4.80. The first-order chi connectivity index (χ1) is 13.2. The first-order valence-corrected chi connectivity index (χ1v) is 9.61. The Morgan fingerprint density at radius 2 is 2.00 bits per heavy atom. The van der Waals surface area contributed by atoms with E-state index in [9.17, 15) is 9.18 Å². The van der Waals surface area contributed by atoms with Crippen molar-refractivity contribution in [2.45, 2.75) is 38.5 Å². The van der Waals surface area contributed by atoms with Gasteiger partial charge in [0.25, 0.3) is 5.91 Å². The first kappa shape index (κ1) is 19.1. The molecule has 5 heteroatoms. The van der Waals surface area contributed by atoms with Crippen molar-refractivity contribution in [1.29, 1.82) is 0 Å². The lowest BCUT2D eigenvalue weighted by Crippen LogP contribution is -2.26. The van der Waals surface area contributed by atoms with Gasteiger partial charge in [-0.05, 0) is 56.2 Å². The first-order valence-electron chi connectivity index (χ1n) is 9.61. The summed E-state index contributed by atoms with van der Waals surface area (Å²) < 4.78 is 13.6. The summed E-state index contributed by atoms with van der Waals surface area (Å²) in [6.45, 7) is 1.22. The van der Waals surface area contributed by atoms with Crippen LogP contribution in [0.5, 0.6) is 0 Å². The second kappa shape index (κ2) is 9.86. The Morgan fingerprint density at radius 3 is 2.81 bits per heavy atom. The standard InChI is InChI=1S/C22H26FN3O/c23-21-9-5-4-8-18(21)11-13-26-22(27)19-14-20(16-24-15-19)25-12-10-17-6-2-1-3-7-17/h4-6,8-9,14-16,25H,1-3,7,10-13H2,(H,26,27). The fraction of sp³-hybridized carbons (Fsp3) is 0.364. The van der Waals surface area contributed by atoms with Crippen molar-refractivity contribution in [3.63, 3.8) is 0 Å². The quantitative estimate of drug-likeness (QED) is 0.676. The number of hydrogen-bond donors (Lipinski definition) is 2. The van der Waals surface area contributed by atoms with E-state index in [2.05, 4.69) is 21.7 Å². The monoisotopic (exact) mass is 367 g/mol. The number of pyridine rings is 1. The Balaban J connectivity index is 1.46. The van der Waals surface area contributed by atoms with E-state index in [4.69, 9.17) is 0 Å².